The Bertz CT molecular complexity index is 443. The minimum absolute atomic E-state index is 0.699. The van der Waals surface area contributed by atoms with Crippen LogP contribution in [0.2, 0.25) is 0 Å². The van der Waals surface area contributed by atoms with Crippen LogP contribution in [-0.4, -0.2) is 35.5 Å². The molecule has 0 saturated carbocycles. The van der Waals surface area contributed by atoms with Gasteiger partial charge < -0.3 is 10.6 Å². The highest BCUT2D eigenvalue weighted by molar-refractivity contribution is 5.52. The van der Waals surface area contributed by atoms with Crippen LogP contribution in [0.15, 0.2) is 18.2 Å². The highest BCUT2D eigenvalue weighted by atomic mass is 15.2. The predicted molar refractivity (Wildman–Crippen MR) is 75.2 cm³/mol. The van der Waals surface area contributed by atoms with Crippen molar-refractivity contribution in [1.29, 1.82) is 0 Å². The number of nitrogen functional groups attached to an aromatic ring is 1. The van der Waals surface area contributed by atoms with Crippen LogP contribution in [0.3, 0.4) is 0 Å². The molecule has 0 radical (unpaired) electrons. The molecule has 3 rings (SSSR count). The molecular weight excluding hydrogens is 222 g/mol. The van der Waals surface area contributed by atoms with Gasteiger partial charge in [-0.05, 0) is 50.6 Å². The van der Waals surface area contributed by atoms with Crippen molar-refractivity contribution in [2.45, 2.75) is 44.9 Å². The first-order valence-corrected chi connectivity index (χ1v) is 6.95. The number of hydrogen-bond acceptors (Lipinski definition) is 3. The van der Waals surface area contributed by atoms with Crippen LogP contribution >= 0.6 is 0 Å². The van der Waals surface area contributed by atoms with Crippen LogP contribution in [0, 0.1) is 0 Å². The van der Waals surface area contributed by atoms with Crippen LogP contribution in [-0.2, 0) is 13.1 Å². The topological polar surface area (TPSA) is 32.5 Å². The van der Waals surface area contributed by atoms with Crippen molar-refractivity contribution in [3.63, 3.8) is 0 Å². The fourth-order valence-corrected chi connectivity index (χ4v) is 3.33. The molecule has 0 aliphatic carbocycles. The average Bonchev–Trinajstić information content (AvgIpc) is 2.78. The van der Waals surface area contributed by atoms with Crippen LogP contribution in [0.1, 0.15) is 30.9 Å². The molecule has 2 N–H and O–H groups in total. The minimum atomic E-state index is 0.699. The van der Waals surface area contributed by atoms with Crippen molar-refractivity contribution in [2.24, 2.45) is 0 Å². The Kier molecular flexibility index (Phi) is 3.04. The van der Waals surface area contributed by atoms with Crippen LogP contribution < -0.4 is 5.73 Å². The molecule has 1 fully saturated rings. The molecule has 2 atom stereocenters. The van der Waals surface area contributed by atoms with Gasteiger partial charge in [-0.15, -0.1) is 0 Å². The summed E-state index contributed by atoms with van der Waals surface area (Å²) in [4.78, 5) is 5.08. The van der Waals surface area contributed by atoms with Crippen molar-refractivity contribution < 1.29 is 0 Å². The van der Waals surface area contributed by atoms with E-state index < -0.39 is 0 Å². The van der Waals surface area contributed by atoms with Gasteiger partial charge in [0, 0.05) is 30.9 Å². The number of rotatable bonds is 1. The Morgan fingerprint density at radius 2 is 2.11 bits per heavy atom. The van der Waals surface area contributed by atoms with E-state index in [9.17, 15) is 0 Å². The van der Waals surface area contributed by atoms with Gasteiger partial charge in [0.1, 0.15) is 0 Å². The van der Waals surface area contributed by atoms with E-state index in [1.165, 1.54) is 30.5 Å². The van der Waals surface area contributed by atoms with Crippen molar-refractivity contribution in [2.75, 3.05) is 19.3 Å². The molecule has 98 valence electrons. The van der Waals surface area contributed by atoms with Crippen molar-refractivity contribution in [3.05, 3.63) is 29.3 Å². The summed E-state index contributed by atoms with van der Waals surface area (Å²) >= 11 is 0. The van der Waals surface area contributed by atoms with E-state index in [1.807, 2.05) is 6.07 Å². The lowest BCUT2D eigenvalue weighted by Crippen LogP contribution is -2.45. The number of anilines is 1. The van der Waals surface area contributed by atoms with Crippen LogP contribution in [0.5, 0.6) is 0 Å². The minimum Gasteiger partial charge on any atom is -0.398 e. The van der Waals surface area contributed by atoms with Gasteiger partial charge >= 0.3 is 0 Å². The number of hydrogen-bond donors (Lipinski definition) is 1. The molecule has 0 spiro atoms. The van der Waals surface area contributed by atoms with Gasteiger partial charge in [-0.1, -0.05) is 12.1 Å². The molecule has 3 heteroatoms. The van der Waals surface area contributed by atoms with Gasteiger partial charge in [0.05, 0.1) is 0 Å². The summed E-state index contributed by atoms with van der Waals surface area (Å²) in [7, 11) is 2.23. The monoisotopic (exact) mass is 245 g/mol. The second-order valence-electron chi connectivity index (χ2n) is 5.90. The highest BCUT2D eigenvalue weighted by Crippen LogP contribution is 2.32. The lowest BCUT2D eigenvalue weighted by Gasteiger charge is -2.39. The first-order valence-electron chi connectivity index (χ1n) is 6.95. The fourth-order valence-electron chi connectivity index (χ4n) is 3.33. The third-order valence-corrected chi connectivity index (χ3v) is 4.74. The van der Waals surface area contributed by atoms with Gasteiger partial charge in [0.25, 0.3) is 0 Å². The molecule has 1 aromatic carbocycles. The van der Waals surface area contributed by atoms with Gasteiger partial charge in [-0.2, -0.15) is 0 Å². The van der Waals surface area contributed by atoms with E-state index in [0.29, 0.717) is 6.04 Å². The average molecular weight is 245 g/mol. The predicted octanol–water partition coefficient (Wildman–Crippen LogP) is 2.07. The van der Waals surface area contributed by atoms with Crippen molar-refractivity contribution >= 4 is 5.69 Å². The number of nitrogens with two attached hydrogens (primary N) is 1. The lowest BCUT2D eigenvalue weighted by molar-refractivity contribution is 0.0864. The maximum absolute atomic E-state index is 6.08. The zero-order valence-electron chi connectivity index (χ0n) is 11.4. The number of piperidine rings is 1. The molecule has 2 heterocycles. The Morgan fingerprint density at radius 1 is 1.28 bits per heavy atom. The van der Waals surface area contributed by atoms with Crippen molar-refractivity contribution in [3.8, 4) is 0 Å². The summed E-state index contributed by atoms with van der Waals surface area (Å²) in [5.41, 5.74) is 9.84. The number of likely N-dealkylation sites (tertiary alicyclic amines) is 1. The van der Waals surface area contributed by atoms with E-state index in [4.69, 9.17) is 5.73 Å². The summed E-state index contributed by atoms with van der Waals surface area (Å²) < 4.78 is 0. The molecule has 18 heavy (non-hydrogen) atoms. The molecule has 2 aliphatic rings. The largest absolute Gasteiger partial charge is 0.398 e. The van der Waals surface area contributed by atoms with E-state index in [2.05, 4.69) is 35.9 Å². The maximum Gasteiger partial charge on any atom is 0.0363 e. The third kappa shape index (κ3) is 2.02. The summed E-state index contributed by atoms with van der Waals surface area (Å²) in [5.74, 6) is 0. The molecule has 0 amide bonds. The Morgan fingerprint density at radius 3 is 2.83 bits per heavy atom. The van der Waals surface area contributed by atoms with E-state index >= 15 is 0 Å². The first-order chi connectivity index (χ1) is 8.65. The fraction of sp³-hybridized carbons (Fsp3) is 0.600. The molecule has 2 aliphatic heterocycles. The zero-order chi connectivity index (χ0) is 12.7. The second kappa shape index (κ2) is 4.56. The number of nitrogens with zero attached hydrogens (tertiary/aromatic N) is 2. The van der Waals surface area contributed by atoms with E-state index in [1.54, 1.807) is 0 Å². The van der Waals surface area contributed by atoms with Gasteiger partial charge in [0.2, 0.25) is 0 Å². The quantitative estimate of drug-likeness (QED) is 0.769. The normalized spacial score (nSPS) is 29.4. The van der Waals surface area contributed by atoms with Crippen LogP contribution in [0.4, 0.5) is 5.69 Å². The third-order valence-electron chi connectivity index (χ3n) is 4.74. The SMILES string of the molecule is CC1CC(N2Cc3cccc(N)c3C2)CCN1C. The van der Waals surface area contributed by atoms with Crippen molar-refractivity contribution in [1.82, 2.24) is 9.80 Å². The molecule has 0 bridgehead atoms. The summed E-state index contributed by atoms with van der Waals surface area (Å²) in [6.45, 7) is 5.68. The number of fused-ring (bicyclic) bond motifs is 1. The molecule has 0 aromatic heterocycles. The standard InChI is InChI=1S/C15H23N3/c1-11-8-13(6-7-17(11)2)18-9-12-4-3-5-15(16)14(12)10-18/h3-5,11,13H,6-10,16H2,1-2H3. The summed E-state index contributed by atoms with van der Waals surface area (Å²) in [6.07, 6.45) is 2.57. The lowest BCUT2D eigenvalue weighted by atomic mass is 9.98. The number of benzene rings is 1. The summed E-state index contributed by atoms with van der Waals surface area (Å²) in [5, 5.41) is 0. The Balaban J connectivity index is 1.73. The molecule has 1 aromatic rings. The molecule has 1 saturated heterocycles. The zero-order valence-corrected chi connectivity index (χ0v) is 11.4. The van der Waals surface area contributed by atoms with E-state index in [0.717, 1.165) is 24.8 Å². The Labute approximate surface area is 110 Å². The maximum atomic E-state index is 6.08. The smallest absolute Gasteiger partial charge is 0.0363 e. The van der Waals surface area contributed by atoms with Crippen LogP contribution in [0.25, 0.3) is 0 Å². The van der Waals surface area contributed by atoms with Gasteiger partial charge in [-0.25, -0.2) is 0 Å². The van der Waals surface area contributed by atoms with Gasteiger partial charge in [0.15, 0.2) is 0 Å². The molecule has 3 nitrogen and oxygen atoms in total. The first kappa shape index (κ1) is 12.0. The van der Waals surface area contributed by atoms with E-state index in [-0.39, 0.29) is 0 Å². The molecule has 2 unspecified atom stereocenters. The second-order valence-corrected chi connectivity index (χ2v) is 5.90. The highest BCUT2D eigenvalue weighted by Gasteiger charge is 2.31. The Hall–Kier alpha value is -1.06. The van der Waals surface area contributed by atoms with Gasteiger partial charge in [-0.3, -0.25) is 4.90 Å². The summed E-state index contributed by atoms with van der Waals surface area (Å²) in [6, 6.07) is 7.76. The molecular formula is C15H23N3.